The first kappa shape index (κ1) is 15.3. The highest BCUT2D eigenvalue weighted by Crippen LogP contribution is 2.25. The molecule has 0 saturated carbocycles. The fourth-order valence-electron chi connectivity index (χ4n) is 2.94. The molecule has 0 saturated heterocycles. The van der Waals surface area contributed by atoms with E-state index in [2.05, 4.69) is 22.6 Å². The van der Waals surface area contributed by atoms with Gasteiger partial charge in [0.15, 0.2) is 11.3 Å². The van der Waals surface area contributed by atoms with Crippen LogP contribution in [0.5, 0.6) is 0 Å². The van der Waals surface area contributed by atoms with Crippen LogP contribution in [-0.2, 0) is 4.74 Å². The van der Waals surface area contributed by atoms with Crippen LogP contribution in [0, 0.1) is 0 Å². The average Bonchev–Trinajstić information content (AvgIpc) is 3.11. The molecule has 124 valence electrons. The molecular weight excluding hydrogens is 312 g/mol. The topological polar surface area (TPSA) is 52.8 Å². The monoisotopic (exact) mass is 330 g/mol. The molecule has 2 aromatic heterocycles. The second kappa shape index (κ2) is 6.36. The Morgan fingerprint density at radius 2 is 2.20 bits per heavy atom. The zero-order valence-corrected chi connectivity index (χ0v) is 14.0. The molecule has 0 fully saturated rings. The van der Waals surface area contributed by atoms with Gasteiger partial charge in [-0.2, -0.15) is 0 Å². The Balaban J connectivity index is 1.82. The smallest absolute Gasteiger partial charge is 0.197 e. The number of rotatable bonds is 4. The third-order valence-electron chi connectivity index (χ3n) is 4.27. The van der Waals surface area contributed by atoms with Crippen LogP contribution in [-0.4, -0.2) is 26.6 Å². The molecule has 0 aliphatic heterocycles. The standard InChI is InChI=1S/C20H18N4O/c1-3-14-6-4-8-16(10-14)24-13-22-19-20(24)23-18(12-21-19)15-7-5-9-17(11-15)25-2/h3-4,6-8,10-13H,1,5,9H2,2H3. The van der Waals surface area contributed by atoms with Crippen molar-refractivity contribution in [2.75, 3.05) is 7.11 Å². The Morgan fingerprint density at radius 3 is 3.04 bits per heavy atom. The van der Waals surface area contributed by atoms with E-state index in [1.54, 1.807) is 19.6 Å². The van der Waals surface area contributed by atoms with Gasteiger partial charge in [0, 0.05) is 17.7 Å². The first-order chi connectivity index (χ1) is 12.3. The normalized spacial score (nSPS) is 14.1. The summed E-state index contributed by atoms with van der Waals surface area (Å²) < 4.78 is 7.33. The van der Waals surface area contributed by atoms with Gasteiger partial charge < -0.3 is 4.74 Å². The number of methoxy groups -OCH3 is 1. The molecule has 1 aliphatic carbocycles. The molecule has 0 radical (unpaired) electrons. The average molecular weight is 330 g/mol. The van der Waals surface area contributed by atoms with Gasteiger partial charge in [-0.25, -0.2) is 15.0 Å². The van der Waals surface area contributed by atoms with Crippen LogP contribution in [0.2, 0.25) is 0 Å². The largest absolute Gasteiger partial charge is 0.501 e. The summed E-state index contributed by atoms with van der Waals surface area (Å²) in [7, 11) is 1.70. The van der Waals surface area contributed by atoms with Crippen LogP contribution in [0.4, 0.5) is 0 Å². The summed E-state index contributed by atoms with van der Waals surface area (Å²) in [5.41, 5.74) is 5.24. The number of imidazole rings is 1. The molecule has 1 aliphatic rings. The van der Waals surface area contributed by atoms with Gasteiger partial charge >= 0.3 is 0 Å². The first-order valence-corrected chi connectivity index (χ1v) is 8.16. The van der Waals surface area contributed by atoms with Gasteiger partial charge in [-0.3, -0.25) is 4.57 Å². The minimum atomic E-state index is 0.625. The lowest BCUT2D eigenvalue weighted by molar-refractivity contribution is 0.277. The van der Waals surface area contributed by atoms with E-state index >= 15 is 0 Å². The van der Waals surface area contributed by atoms with Crippen LogP contribution >= 0.6 is 0 Å². The molecule has 25 heavy (non-hydrogen) atoms. The molecule has 5 heteroatoms. The maximum Gasteiger partial charge on any atom is 0.197 e. The predicted octanol–water partition coefficient (Wildman–Crippen LogP) is 4.17. The Hall–Kier alpha value is -3.21. The number of nitrogens with zero attached hydrogens (tertiary/aromatic N) is 4. The summed E-state index contributed by atoms with van der Waals surface area (Å²) in [6, 6.07) is 8.07. The van der Waals surface area contributed by atoms with Crippen LogP contribution in [0.1, 0.15) is 24.1 Å². The third kappa shape index (κ3) is 2.85. The zero-order chi connectivity index (χ0) is 17.2. The lowest BCUT2D eigenvalue weighted by Crippen LogP contribution is -2.00. The number of benzene rings is 1. The van der Waals surface area contributed by atoms with E-state index in [-0.39, 0.29) is 0 Å². The van der Waals surface area contributed by atoms with E-state index in [0.29, 0.717) is 5.65 Å². The Bertz CT molecular complexity index is 1010. The predicted molar refractivity (Wildman–Crippen MR) is 99.1 cm³/mol. The molecule has 4 rings (SSSR count). The van der Waals surface area contributed by atoms with Crippen molar-refractivity contribution in [3.63, 3.8) is 0 Å². The maximum atomic E-state index is 5.38. The molecule has 1 aromatic carbocycles. The second-order valence-corrected chi connectivity index (χ2v) is 5.83. The molecule has 0 spiro atoms. The molecule has 0 unspecified atom stereocenters. The highest BCUT2D eigenvalue weighted by molar-refractivity contribution is 5.77. The van der Waals surface area contributed by atoms with Crippen molar-refractivity contribution in [1.29, 1.82) is 0 Å². The fraction of sp³-hybridized carbons (Fsp3) is 0.150. The molecule has 0 bridgehead atoms. The molecule has 2 heterocycles. The molecule has 0 N–H and O–H groups in total. The fourth-order valence-corrected chi connectivity index (χ4v) is 2.94. The summed E-state index contributed by atoms with van der Waals surface area (Å²) >= 11 is 0. The van der Waals surface area contributed by atoms with E-state index < -0.39 is 0 Å². The summed E-state index contributed by atoms with van der Waals surface area (Å²) in [5.74, 6) is 0.964. The van der Waals surface area contributed by atoms with E-state index in [0.717, 1.165) is 46.8 Å². The van der Waals surface area contributed by atoms with E-state index in [1.165, 1.54) is 0 Å². The first-order valence-electron chi connectivity index (χ1n) is 8.16. The Morgan fingerprint density at radius 1 is 1.28 bits per heavy atom. The summed E-state index contributed by atoms with van der Waals surface area (Å²) in [6.45, 7) is 3.83. The van der Waals surface area contributed by atoms with Crippen molar-refractivity contribution in [2.24, 2.45) is 0 Å². The number of ether oxygens (including phenoxy) is 1. The summed E-state index contributed by atoms with van der Waals surface area (Å²) in [5, 5.41) is 0. The van der Waals surface area contributed by atoms with Gasteiger partial charge in [0.1, 0.15) is 6.33 Å². The van der Waals surface area contributed by atoms with Gasteiger partial charge in [0.05, 0.1) is 24.8 Å². The van der Waals surface area contributed by atoms with Gasteiger partial charge in [0.2, 0.25) is 0 Å². The highest BCUT2D eigenvalue weighted by Gasteiger charge is 2.13. The van der Waals surface area contributed by atoms with Crippen molar-refractivity contribution in [3.8, 4) is 5.69 Å². The SMILES string of the molecule is C=Cc1cccc(-n2cnc3ncc(C4=CCCC(OC)=C4)nc32)c1. The highest BCUT2D eigenvalue weighted by atomic mass is 16.5. The summed E-state index contributed by atoms with van der Waals surface area (Å²) in [6.07, 6.45) is 11.4. The molecule has 3 aromatic rings. The number of allylic oxidation sites excluding steroid dienone is 4. The minimum Gasteiger partial charge on any atom is -0.501 e. The van der Waals surface area contributed by atoms with Crippen molar-refractivity contribution >= 4 is 22.9 Å². The van der Waals surface area contributed by atoms with Crippen molar-refractivity contribution < 1.29 is 4.74 Å². The van der Waals surface area contributed by atoms with E-state index in [4.69, 9.17) is 9.72 Å². The Labute approximate surface area is 146 Å². The molecule has 0 atom stereocenters. The van der Waals surface area contributed by atoms with Crippen molar-refractivity contribution in [2.45, 2.75) is 12.8 Å². The van der Waals surface area contributed by atoms with Crippen LogP contribution in [0.15, 0.2) is 61.3 Å². The number of hydrogen-bond acceptors (Lipinski definition) is 4. The Kier molecular flexibility index (Phi) is 3.90. The van der Waals surface area contributed by atoms with Gasteiger partial charge in [-0.1, -0.05) is 30.9 Å². The molecular formula is C20H18N4O. The second-order valence-electron chi connectivity index (χ2n) is 5.83. The zero-order valence-electron chi connectivity index (χ0n) is 14.0. The van der Waals surface area contributed by atoms with Crippen LogP contribution in [0.3, 0.4) is 0 Å². The van der Waals surface area contributed by atoms with Gasteiger partial charge in [-0.15, -0.1) is 0 Å². The van der Waals surface area contributed by atoms with Crippen molar-refractivity contribution in [1.82, 2.24) is 19.5 Å². The maximum absolute atomic E-state index is 5.38. The third-order valence-corrected chi connectivity index (χ3v) is 4.27. The quantitative estimate of drug-likeness (QED) is 0.720. The van der Waals surface area contributed by atoms with E-state index in [9.17, 15) is 0 Å². The number of fused-ring (bicyclic) bond motifs is 1. The minimum absolute atomic E-state index is 0.625. The van der Waals surface area contributed by atoms with Gasteiger partial charge in [0.25, 0.3) is 0 Å². The number of aromatic nitrogens is 4. The number of hydrogen-bond donors (Lipinski definition) is 0. The van der Waals surface area contributed by atoms with Crippen LogP contribution < -0.4 is 0 Å². The lowest BCUT2D eigenvalue weighted by Gasteiger charge is -2.12. The van der Waals surface area contributed by atoms with E-state index in [1.807, 2.05) is 41.0 Å². The van der Waals surface area contributed by atoms with Gasteiger partial charge in [-0.05, 0) is 30.2 Å². The molecule has 0 amide bonds. The lowest BCUT2D eigenvalue weighted by atomic mass is 10.0. The molecule has 5 nitrogen and oxygen atoms in total. The van der Waals surface area contributed by atoms with Crippen LogP contribution in [0.25, 0.3) is 28.6 Å². The summed E-state index contributed by atoms with van der Waals surface area (Å²) in [4.78, 5) is 13.6. The van der Waals surface area contributed by atoms with Crippen molar-refractivity contribution in [3.05, 3.63) is 72.5 Å².